The highest BCUT2D eigenvalue weighted by atomic mass is 32.2. The van der Waals surface area contributed by atoms with Gasteiger partial charge in [-0.3, -0.25) is 4.98 Å². The Kier molecular flexibility index (Phi) is 4.11. The maximum atomic E-state index is 12.7. The van der Waals surface area contributed by atoms with E-state index in [9.17, 15) is 8.42 Å². The molecule has 0 spiro atoms. The SMILES string of the molecule is Cc1cc(C)c(S(=O)(=O)Nc2cc(-c3ccncc3)no2)c(C)c1. The van der Waals surface area contributed by atoms with Crippen molar-refractivity contribution < 1.29 is 12.9 Å². The lowest BCUT2D eigenvalue weighted by Crippen LogP contribution is -2.15. The predicted molar refractivity (Wildman–Crippen MR) is 91.2 cm³/mol. The Hall–Kier alpha value is -2.67. The molecule has 2 aromatic heterocycles. The monoisotopic (exact) mass is 343 g/mol. The molecule has 0 fully saturated rings. The fourth-order valence-electron chi connectivity index (χ4n) is 2.76. The summed E-state index contributed by atoms with van der Waals surface area (Å²) in [6.07, 6.45) is 3.26. The number of hydrogen-bond acceptors (Lipinski definition) is 5. The van der Waals surface area contributed by atoms with Crippen molar-refractivity contribution in [3.8, 4) is 11.3 Å². The maximum absolute atomic E-state index is 12.7. The second-order valence-electron chi connectivity index (χ2n) is 5.65. The minimum atomic E-state index is -3.76. The summed E-state index contributed by atoms with van der Waals surface area (Å²) in [7, 11) is -3.76. The molecule has 6 nitrogen and oxygen atoms in total. The average molecular weight is 343 g/mol. The van der Waals surface area contributed by atoms with Crippen molar-refractivity contribution in [3.05, 3.63) is 59.4 Å². The lowest BCUT2D eigenvalue weighted by molar-refractivity contribution is 0.438. The van der Waals surface area contributed by atoms with Gasteiger partial charge in [0.15, 0.2) is 0 Å². The number of nitrogens with one attached hydrogen (secondary N) is 1. The first-order chi connectivity index (χ1) is 11.4. The van der Waals surface area contributed by atoms with Crippen LogP contribution in [0.4, 0.5) is 5.88 Å². The molecule has 2 heterocycles. The second-order valence-corrected chi connectivity index (χ2v) is 7.26. The Labute approximate surface area is 140 Å². The first-order valence-corrected chi connectivity index (χ1v) is 8.83. The van der Waals surface area contributed by atoms with E-state index in [0.717, 1.165) is 11.1 Å². The van der Waals surface area contributed by atoms with Crippen molar-refractivity contribution >= 4 is 15.9 Å². The molecule has 124 valence electrons. The van der Waals surface area contributed by atoms with Crippen molar-refractivity contribution in [2.45, 2.75) is 25.7 Å². The van der Waals surface area contributed by atoms with Gasteiger partial charge < -0.3 is 4.52 Å². The first kappa shape index (κ1) is 16.2. The molecule has 0 bridgehead atoms. The summed E-state index contributed by atoms with van der Waals surface area (Å²) < 4.78 is 33.0. The quantitative estimate of drug-likeness (QED) is 0.784. The molecule has 1 N–H and O–H groups in total. The maximum Gasteiger partial charge on any atom is 0.264 e. The first-order valence-electron chi connectivity index (χ1n) is 7.34. The molecule has 0 aliphatic rings. The Morgan fingerprint density at radius 3 is 2.25 bits per heavy atom. The van der Waals surface area contributed by atoms with Crippen molar-refractivity contribution in [2.75, 3.05) is 4.72 Å². The Morgan fingerprint density at radius 1 is 1.00 bits per heavy atom. The van der Waals surface area contributed by atoms with Gasteiger partial charge in [0, 0.05) is 24.0 Å². The number of anilines is 1. The van der Waals surface area contributed by atoms with E-state index in [-0.39, 0.29) is 10.8 Å². The average Bonchev–Trinajstić information content (AvgIpc) is 2.94. The van der Waals surface area contributed by atoms with Gasteiger partial charge >= 0.3 is 0 Å². The van der Waals surface area contributed by atoms with Crippen LogP contribution >= 0.6 is 0 Å². The number of benzene rings is 1. The van der Waals surface area contributed by atoms with Crippen molar-refractivity contribution in [1.82, 2.24) is 10.1 Å². The predicted octanol–water partition coefficient (Wildman–Crippen LogP) is 3.46. The van der Waals surface area contributed by atoms with Crippen molar-refractivity contribution in [1.29, 1.82) is 0 Å². The van der Waals surface area contributed by atoms with Gasteiger partial charge in [0.05, 0.1) is 4.90 Å². The Balaban J connectivity index is 1.93. The van der Waals surface area contributed by atoms with Crippen molar-refractivity contribution in [2.24, 2.45) is 0 Å². The van der Waals surface area contributed by atoms with E-state index < -0.39 is 10.0 Å². The third kappa shape index (κ3) is 3.16. The molecule has 0 amide bonds. The molecule has 24 heavy (non-hydrogen) atoms. The molecular formula is C17H17N3O3S. The smallest absolute Gasteiger partial charge is 0.264 e. The number of aromatic nitrogens is 2. The molecule has 0 saturated heterocycles. The standard InChI is InChI=1S/C17H17N3O3S/c1-11-8-12(2)17(13(3)9-11)24(21,22)20-16-10-15(19-23-16)14-4-6-18-7-5-14/h4-10,20H,1-3H3. The minimum absolute atomic E-state index is 0.0705. The van der Waals surface area contributed by atoms with Gasteiger partial charge in [-0.2, -0.15) is 0 Å². The van der Waals surface area contributed by atoms with Gasteiger partial charge in [0.1, 0.15) is 5.69 Å². The van der Waals surface area contributed by atoms with Crippen LogP contribution in [0.25, 0.3) is 11.3 Å². The number of pyridine rings is 1. The van der Waals surface area contributed by atoms with E-state index in [1.807, 2.05) is 19.1 Å². The van der Waals surface area contributed by atoms with Crippen LogP contribution in [0.5, 0.6) is 0 Å². The van der Waals surface area contributed by atoms with Crippen LogP contribution in [0.15, 0.2) is 52.1 Å². The lowest BCUT2D eigenvalue weighted by atomic mass is 10.1. The number of sulfonamides is 1. The zero-order valence-electron chi connectivity index (χ0n) is 13.6. The molecular weight excluding hydrogens is 326 g/mol. The molecule has 0 aliphatic heterocycles. The topological polar surface area (TPSA) is 85.1 Å². The van der Waals surface area contributed by atoms with E-state index in [0.29, 0.717) is 16.8 Å². The molecule has 0 unspecified atom stereocenters. The van der Waals surface area contributed by atoms with E-state index in [4.69, 9.17) is 4.52 Å². The summed E-state index contributed by atoms with van der Waals surface area (Å²) in [5.74, 6) is 0.0705. The molecule has 0 radical (unpaired) electrons. The fourth-order valence-corrected chi connectivity index (χ4v) is 4.18. The van der Waals surface area contributed by atoms with Crippen LogP contribution in [0.2, 0.25) is 0 Å². The number of nitrogens with zero attached hydrogens (tertiary/aromatic N) is 2. The molecule has 3 aromatic rings. The number of rotatable bonds is 4. The van der Waals surface area contributed by atoms with Crippen LogP contribution in [-0.4, -0.2) is 18.6 Å². The van der Waals surface area contributed by atoms with Crippen LogP contribution in [0.3, 0.4) is 0 Å². The van der Waals surface area contributed by atoms with Gasteiger partial charge in [-0.25, -0.2) is 13.1 Å². The minimum Gasteiger partial charge on any atom is -0.337 e. The largest absolute Gasteiger partial charge is 0.337 e. The molecule has 0 aliphatic carbocycles. The summed E-state index contributed by atoms with van der Waals surface area (Å²) in [6, 6.07) is 8.76. The van der Waals surface area contributed by atoms with E-state index in [1.165, 1.54) is 0 Å². The molecule has 7 heteroatoms. The summed E-state index contributed by atoms with van der Waals surface area (Å²) in [5, 5.41) is 3.89. The summed E-state index contributed by atoms with van der Waals surface area (Å²) in [6.45, 7) is 5.48. The molecule has 0 saturated carbocycles. The zero-order chi connectivity index (χ0) is 17.3. The zero-order valence-corrected chi connectivity index (χ0v) is 14.4. The van der Waals surface area contributed by atoms with Crippen LogP contribution in [0.1, 0.15) is 16.7 Å². The van der Waals surface area contributed by atoms with Crippen LogP contribution < -0.4 is 4.72 Å². The van der Waals surface area contributed by atoms with Gasteiger partial charge in [0.2, 0.25) is 5.88 Å². The summed E-state index contributed by atoms with van der Waals surface area (Å²) >= 11 is 0. The third-order valence-corrected chi connectivity index (χ3v) is 5.25. The summed E-state index contributed by atoms with van der Waals surface area (Å²) in [4.78, 5) is 4.19. The number of aryl methyl sites for hydroxylation is 3. The third-order valence-electron chi connectivity index (χ3n) is 3.59. The second kappa shape index (κ2) is 6.09. The van der Waals surface area contributed by atoms with Crippen molar-refractivity contribution in [3.63, 3.8) is 0 Å². The highest BCUT2D eigenvalue weighted by molar-refractivity contribution is 7.92. The lowest BCUT2D eigenvalue weighted by Gasteiger charge is -2.12. The van der Waals surface area contributed by atoms with E-state index >= 15 is 0 Å². The molecule has 0 atom stereocenters. The Morgan fingerprint density at radius 2 is 1.62 bits per heavy atom. The normalized spacial score (nSPS) is 11.5. The molecule has 1 aromatic carbocycles. The Bertz CT molecular complexity index is 956. The van der Waals surface area contributed by atoms with E-state index in [1.54, 1.807) is 44.4 Å². The van der Waals surface area contributed by atoms with Gasteiger partial charge in [-0.05, 0) is 44.0 Å². The van der Waals surface area contributed by atoms with Crippen LogP contribution in [-0.2, 0) is 10.0 Å². The van der Waals surface area contributed by atoms with Crippen LogP contribution in [0, 0.1) is 20.8 Å². The number of hydrogen-bond donors (Lipinski definition) is 1. The highest BCUT2D eigenvalue weighted by Crippen LogP contribution is 2.26. The summed E-state index contributed by atoms with van der Waals surface area (Å²) in [5.41, 5.74) is 3.72. The highest BCUT2D eigenvalue weighted by Gasteiger charge is 2.22. The molecule has 3 rings (SSSR count). The van der Waals surface area contributed by atoms with E-state index in [2.05, 4.69) is 14.9 Å². The van der Waals surface area contributed by atoms with Gasteiger partial charge in [-0.1, -0.05) is 22.9 Å². The fraction of sp³-hybridized carbons (Fsp3) is 0.176. The van der Waals surface area contributed by atoms with Gasteiger partial charge in [-0.15, -0.1) is 0 Å². The van der Waals surface area contributed by atoms with Gasteiger partial charge in [0.25, 0.3) is 10.0 Å².